The summed E-state index contributed by atoms with van der Waals surface area (Å²) in [5, 5.41) is 3.00. The smallest absolute Gasteiger partial charge is 0.287 e. The first-order valence-corrected chi connectivity index (χ1v) is 10.7. The standard InChI is InChI=1S/C21H20BrN3OS.C2H4/c1-3-14(4-2)17(15-8-6-5-7-9-15)13-23-21(26)20-24-18-11-10-16(22)12-19(18)27-25-20;1-2/h3-12,17H,1,13H2,2H3,(H,23,26)(H,24,25);1-2H2/b14-4+;. The molecule has 0 radical (unpaired) electrons. The zero-order valence-corrected chi connectivity index (χ0v) is 18.7. The number of benzene rings is 2. The largest absolute Gasteiger partial charge is 0.348 e. The molecule has 3 rings (SSSR count). The molecule has 0 saturated carbocycles. The molecule has 1 unspecified atom stereocenters. The van der Waals surface area contributed by atoms with Crippen LogP contribution in [-0.2, 0) is 4.79 Å². The molecule has 1 aliphatic heterocycles. The predicted molar refractivity (Wildman–Crippen MR) is 128 cm³/mol. The number of nitrogens with one attached hydrogen (secondary N) is 2. The molecule has 1 aliphatic rings. The summed E-state index contributed by atoms with van der Waals surface area (Å²) >= 11 is 4.83. The van der Waals surface area contributed by atoms with Crippen LogP contribution in [0.1, 0.15) is 18.4 Å². The summed E-state index contributed by atoms with van der Waals surface area (Å²) in [5.41, 5.74) is 2.99. The van der Waals surface area contributed by atoms with Gasteiger partial charge in [-0.15, -0.1) is 13.2 Å². The van der Waals surface area contributed by atoms with Crippen LogP contribution < -0.4 is 10.0 Å². The topological polar surface area (TPSA) is 53.5 Å². The third-order valence-electron chi connectivity index (χ3n) is 4.27. The highest BCUT2D eigenvalue weighted by Gasteiger charge is 2.21. The monoisotopic (exact) mass is 469 g/mol. The van der Waals surface area contributed by atoms with Gasteiger partial charge in [0.25, 0.3) is 5.91 Å². The second-order valence-electron chi connectivity index (χ2n) is 5.94. The summed E-state index contributed by atoms with van der Waals surface area (Å²) in [6.45, 7) is 12.3. The number of hydrogen-bond acceptors (Lipinski definition) is 4. The number of nitrogens with zero attached hydrogens (tertiary/aromatic N) is 1. The number of carbonyl (C=O) groups excluding carboxylic acids is 1. The Morgan fingerprint density at radius 1 is 1.28 bits per heavy atom. The molecule has 1 atom stereocenters. The maximum atomic E-state index is 12.6. The Morgan fingerprint density at radius 3 is 2.66 bits per heavy atom. The number of carbonyl (C=O) groups is 1. The zero-order chi connectivity index (χ0) is 21.2. The minimum Gasteiger partial charge on any atom is -0.348 e. The normalized spacial score (nSPS) is 13.6. The summed E-state index contributed by atoms with van der Waals surface area (Å²) in [6.07, 6.45) is 3.86. The van der Waals surface area contributed by atoms with Gasteiger partial charge in [-0.05, 0) is 48.2 Å². The summed E-state index contributed by atoms with van der Waals surface area (Å²) in [4.78, 5) is 18.1. The van der Waals surface area contributed by atoms with E-state index in [1.807, 2.05) is 55.5 Å². The van der Waals surface area contributed by atoms with Crippen molar-refractivity contribution in [3.63, 3.8) is 0 Å². The average Bonchev–Trinajstić information content (AvgIpc) is 2.78. The highest BCUT2D eigenvalue weighted by molar-refractivity contribution is 9.10. The Morgan fingerprint density at radius 2 is 2.00 bits per heavy atom. The van der Waals surface area contributed by atoms with Gasteiger partial charge in [0.2, 0.25) is 5.84 Å². The van der Waals surface area contributed by atoms with Gasteiger partial charge < -0.3 is 10.0 Å². The Kier molecular flexibility index (Phi) is 8.96. The van der Waals surface area contributed by atoms with Crippen LogP contribution in [0.5, 0.6) is 0 Å². The molecule has 0 bridgehead atoms. The molecule has 29 heavy (non-hydrogen) atoms. The van der Waals surface area contributed by atoms with Crippen LogP contribution in [0.2, 0.25) is 0 Å². The molecule has 2 aromatic carbocycles. The van der Waals surface area contributed by atoms with Gasteiger partial charge in [0.05, 0.1) is 10.6 Å². The fraction of sp³-hybridized carbons (Fsp3) is 0.130. The van der Waals surface area contributed by atoms with Gasteiger partial charge in [-0.1, -0.05) is 65.0 Å². The Bertz CT molecular complexity index is 925. The van der Waals surface area contributed by atoms with Crippen LogP contribution in [0.3, 0.4) is 0 Å². The number of amides is 1. The SMILES string of the molecule is C=C.C=C/C(=C\C)C(CNC(=O)C1=Nc2ccc(Br)cc2SN1)c1ccccc1. The van der Waals surface area contributed by atoms with E-state index in [0.717, 1.165) is 26.2 Å². The van der Waals surface area contributed by atoms with Crippen molar-refractivity contribution in [2.45, 2.75) is 17.7 Å². The first-order chi connectivity index (χ1) is 14.1. The molecule has 1 amide bonds. The van der Waals surface area contributed by atoms with Gasteiger partial charge in [0.1, 0.15) is 0 Å². The molecule has 0 saturated heterocycles. The molecule has 1 heterocycles. The molecule has 150 valence electrons. The van der Waals surface area contributed by atoms with Gasteiger partial charge in [0.15, 0.2) is 0 Å². The number of allylic oxidation sites excluding steroid dienone is 2. The van der Waals surface area contributed by atoms with E-state index in [4.69, 9.17) is 0 Å². The maximum absolute atomic E-state index is 12.6. The van der Waals surface area contributed by atoms with E-state index >= 15 is 0 Å². The van der Waals surface area contributed by atoms with Crippen molar-refractivity contribution in [2.75, 3.05) is 6.54 Å². The first-order valence-electron chi connectivity index (χ1n) is 9.05. The summed E-state index contributed by atoms with van der Waals surface area (Å²) in [6, 6.07) is 15.9. The third kappa shape index (κ3) is 5.95. The van der Waals surface area contributed by atoms with Crippen molar-refractivity contribution < 1.29 is 4.79 Å². The van der Waals surface area contributed by atoms with E-state index < -0.39 is 0 Å². The van der Waals surface area contributed by atoms with Crippen LogP contribution in [0.25, 0.3) is 0 Å². The summed E-state index contributed by atoms with van der Waals surface area (Å²) in [7, 11) is 0. The number of halogens is 1. The number of fused-ring (bicyclic) bond motifs is 1. The van der Waals surface area contributed by atoms with Gasteiger partial charge in [-0.25, -0.2) is 4.99 Å². The lowest BCUT2D eigenvalue weighted by atomic mass is 9.90. The van der Waals surface area contributed by atoms with Crippen molar-refractivity contribution >= 4 is 45.3 Å². The van der Waals surface area contributed by atoms with Crippen molar-refractivity contribution in [3.8, 4) is 0 Å². The van der Waals surface area contributed by atoms with Crippen molar-refractivity contribution in [2.24, 2.45) is 4.99 Å². The van der Waals surface area contributed by atoms with Crippen LogP contribution >= 0.6 is 27.9 Å². The molecule has 2 aromatic rings. The predicted octanol–water partition coefficient (Wildman–Crippen LogP) is 5.92. The second-order valence-corrected chi connectivity index (χ2v) is 7.71. The molecular weight excluding hydrogens is 446 g/mol. The minimum atomic E-state index is -0.225. The fourth-order valence-electron chi connectivity index (χ4n) is 2.86. The van der Waals surface area contributed by atoms with Gasteiger partial charge in [-0.2, -0.15) is 0 Å². The first kappa shape index (κ1) is 22.7. The Labute approximate surface area is 185 Å². The lowest BCUT2D eigenvalue weighted by molar-refractivity contribution is -0.115. The number of hydrogen-bond donors (Lipinski definition) is 2. The van der Waals surface area contributed by atoms with Crippen molar-refractivity contribution in [3.05, 3.63) is 96.0 Å². The molecule has 0 fully saturated rings. The lowest BCUT2D eigenvalue weighted by Crippen LogP contribution is -2.40. The molecule has 6 heteroatoms. The summed E-state index contributed by atoms with van der Waals surface area (Å²) < 4.78 is 4.00. The van der Waals surface area contributed by atoms with Crippen LogP contribution in [0, 0.1) is 0 Å². The van der Waals surface area contributed by atoms with Gasteiger partial charge in [-0.3, -0.25) is 4.79 Å². The van der Waals surface area contributed by atoms with E-state index in [1.54, 1.807) is 0 Å². The Hall–Kier alpha value is -2.57. The molecule has 4 nitrogen and oxygen atoms in total. The molecule has 0 spiro atoms. The summed E-state index contributed by atoms with van der Waals surface area (Å²) in [5.74, 6) is 0.122. The average molecular weight is 470 g/mol. The fourth-order valence-corrected chi connectivity index (χ4v) is 4.12. The quantitative estimate of drug-likeness (QED) is 0.313. The number of amidine groups is 1. The number of rotatable bonds is 6. The molecule has 2 N–H and O–H groups in total. The van der Waals surface area contributed by atoms with E-state index in [-0.39, 0.29) is 11.8 Å². The lowest BCUT2D eigenvalue weighted by Gasteiger charge is -2.21. The minimum absolute atomic E-state index is 0.0396. The molecule has 0 aromatic heterocycles. The van der Waals surface area contributed by atoms with Crippen LogP contribution in [0.15, 0.2) is 100 Å². The third-order valence-corrected chi connectivity index (χ3v) is 5.60. The number of aliphatic imine (C=N–C) groups is 1. The second kappa shape index (κ2) is 11.4. The maximum Gasteiger partial charge on any atom is 0.287 e. The van der Waals surface area contributed by atoms with E-state index in [2.05, 4.69) is 62.8 Å². The highest BCUT2D eigenvalue weighted by Crippen LogP contribution is 2.33. The van der Waals surface area contributed by atoms with Crippen molar-refractivity contribution in [1.82, 2.24) is 10.0 Å². The van der Waals surface area contributed by atoms with E-state index in [0.29, 0.717) is 12.4 Å². The Balaban J connectivity index is 0.00000145. The highest BCUT2D eigenvalue weighted by atomic mass is 79.9. The molecule has 0 aliphatic carbocycles. The van der Waals surface area contributed by atoms with Gasteiger partial charge in [0, 0.05) is 16.9 Å². The van der Waals surface area contributed by atoms with Crippen molar-refractivity contribution in [1.29, 1.82) is 0 Å². The van der Waals surface area contributed by atoms with E-state index in [1.165, 1.54) is 11.9 Å². The molecular formula is C23H24BrN3OS. The van der Waals surface area contributed by atoms with Gasteiger partial charge >= 0.3 is 0 Å². The van der Waals surface area contributed by atoms with Crippen LogP contribution in [0.4, 0.5) is 5.69 Å². The van der Waals surface area contributed by atoms with Crippen LogP contribution in [-0.4, -0.2) is 18.3 Å². The van der Waals surface area contributed by atoms with E-state index in [9.17, 15) is 4.79 Å². The zero-order valence-electron chi connectivity index (χ0n) is 16.3.